The van der Waals surface area contributed by atoms with E-state index in [0.29, 0.717) is 29.5 Å². The van der Waals surface area contributed by atoms with Crippen LogP contribution in [-0.4, -0.2) is 18.8 Å². The number of hydrogen-bond donors (Lipinski definition) is 0. The second kappa shape index (κ2) is 5.90. The molecule has 1 aromatic carbocycles. The summed E-state index contributed by atoms with van der Waals surface area (Å²) in [4.78, 5) is 11.8. The number of hydrogen-bond acceptors (Lipinski definition) is 2. The van der Waals surface area contributed by atoms with Gasteiger partial charge in [0, 0.05) is 12.3 Å². The molecule has 0 radical (unpaired) electrons. The van der Waals surface area contributed by atoms with Gasteiger partial charge in [0.05, 0.1) is 12.7 Å². The molecule has 0 N–H and O–H groups in total. The molecule has 88 valence electrons. The maximum Gasteiger partial charge on any atom is 0.167 e. The summed E-state index contributed by atoms with van der Waals surface area (Å²) in [6, 6.07) is 5.73. The fraction of sp³-hybridized carbons (Fsp3) is 0.462. The Morgan fingerprint density at radius 1 is 1.44 bits per heavy atom. The summed E-state index contributed by atoms with van der Waals surface area (Å²) in [7, 11) is 1.57. The van der Waals surface area contributed by atoms with Crippen LogP contribution in [0.2, 0.25) is 0 Å². The highest BCUT2D eigenvalue weighted by molar-refractivity contribution is 6.19. The van der Waals surface area contributed by atoms with Gasteiger partial charge < -0.3 is 4.74 Å². The number of rotatable bonds is 5. The molecule has 0 bridgehead atoms. The normalized spacial score (nSPS) is 10.6. The Labute approximate surface area is 102 Å². The van der Waals surface area contributed by atoms with Crippen molar-refractivity contribution < 1.29 is 9.53 Å². The molecule has 2 nitrogen and oxygen atoms in total. The monoisotopic (exact) mass is 240 g/mol. The molecule has 0 spiro atoms. The van der Waals surface area contributed by atoms with Gasteiger partial charge in [-0.25, -0.2) is 0 Å². The lowest BCUT2D eigenvalue weighted by Gasteiger charge is -2.11. The molecular weight excluding hydrogens is 224 g/mol. The average Bonchev–Trinajstić information content (AvgIpc) is 2.28. The minimum atomic E-state index is 0.0364. The van der Waals surface area contributed by atoms with Crippen LogP contribution in [-0.2, 0) is 0 Å². The van der Waals surface area contributed by atoms with Gasteiger partial charge in [0.2, 0.25) is 0 Å². The summed E-state index contributed by atoms with van der Waals surface area (Å²) >= 11 is 5.58. The van der Waals surface area contributed by atoms with E-state index in [2.05, 4.69) is 13.8 Å². The summed E-state index contributed by atoms with van der Waals surface area (Å²) in [6.07, 6.45) is 0.347. The van der Waals surface area contributed by atoms with Crippen LogP contribution >= 0.6 is 11.6 Å². The quantitative estimate of drug-likeness (QED) is 0.580. The number of carbonyl (C=O) groups excluding carboxylic acids is 1. The first-order valence-corrected chi connectivity index (χ1v) is 5.90. The van der Waals surface area contributed by atoms with Gasteiger partial charge in [0.1, 0.15) is 5.75 Å². The Balaban J connectivity index is 3.11. The fourth-order valence-electron chi connectivity index (χ4n) is 1.52. The second-order valence-electron chi connectivity index (χ2n) is 3.98. The van der Waals surface area contributed by atoms with Crippen LogP contribution in [0.3, 0.4) is 0 Å². The molecule has 3 heteroatoms. The lowest BCUT2D eigenvalue weighted by atomic mass is 9.98. The van der Waals surface area contributed by atoms with Crippen LogP contribution < -0.4 is 4.74 Å². The molecule has 0 saturated heterocycles. The van der Waals surface area contributed by atoms with Crippen LogP contribution in [0.4, 0.5) is 0 Å². The van der Waals surface area contributed by atoms with Crippen LogP contribution in [0.25, 0.3) is 0 Å². The SMILES string of the molecule is COc1ccc(C(C)C)cc1C(=O)CCCl. The van der Waals surface area contributed by atoms with E-state index in [0.717, 1.165) is 5.56 Å². The standard InChI is InChI=1S/C13H17ClO2/c1-9(2)10-4-5-13(16-3)11(8-10)12(15)6-7-14/h4-5,8-9H,6-7H2,1-3H3. The van der Waals surface area contributed by atoms with Crippen molar-refractivity contribution in [2.45, 2.75) is 26.2 Å². The van der Waals surface area contributed by atoms with Crippen LogP contribution in [0.15, 0.2) is 18.2 Å². The molecule has 0 aliphatic rings. The smallest absolute Gasteiger partial charge is 0.167 e. The van der Waals surface area contributed by atoms with Crippen molar-refractivity contribution in [3.8, 4) is 5.75 Å². The zero-order valence-electron chi connectivity index (χ0n) is 9.92. The van der Waals surface area contributed by atoms with Gasteiger partial charge in [-0.05, 0) is 23.6 Å². The highest BCUT2D eigenvalue weighted by Crippen LogP contribution is 2.25. The van der Waals surface area contributed by atoms with Crippen molar-refractivity contribution in [3.63, 3.8) is 0 Å². The van der Waals surface area contributed by atoms with Gasteiger partial charge in [-0.2, -0.15) is 0 Å². The maximum atomic E-state index is 11.8. The molecule has 0 atom stereocenters. The lowest BCUT2D eigenvalue weighted by Crippen LogP contribution is -2.04. The van der Waals surface area contributed by atoms with Crippen LogP contribution in [0.1, 0.15) is 42.1 Å². The average molecular weight is 241 g/mol. The highest BCUT2D eigenvalue weighted by Gasteiger charge is 2.13. The Kier molecular flexibility index (Phi) is 4.81. The number of alkyl halides is 1. The van der Waals surface area contributed by atoms with E-state index in [1.807, 2.05) is 18.2 Å². The van der Waals surface area contributed by atoms with Gasteiger partial charge in [0.15, 0.2) is 5.78 Å². The largest absolute Gasteiger partial charge is 0.496 e. The van der Waals surface area contributed by atoms with E-state index in [-0.39, 0.29) is 5.78 Å². The summed E-state index contributed by atoms with van der Waals surface area (Å²) in [5.41, 5.74) is 1.77. The molecule has 0 aromatic heterocycles. The predicted octanol–water partition coefficient (Wildman–Crippen LogP) is 3.63. The third-order valence-electron chi connectivity index (χ3n) is 2.51. The predicted molar refractivity (Wildman–Crippen MR) is 66.8 cm³/mol. The van der Waals surface area contributed by atoms with E-state index in [9.17, 15) is 4.79 Å². The highest BCUT2D eigenvalue weighted by atomic mass is 35.5. The van der Waals surface area contributed by atoms with Crippen molar-refractivity contribution in [3.05, 3.63) is 29.3 Å². The van der Waals surface area contributed by atoms with Crippen molar-refractivity contribution >= 4 is 17.4 Å². The van der Waals surface area contributed by atoms with Crippen molar-refractivity contribution in [2.24, 2.45) is 0 Å². The minimum Gasteiger partial charge on any atom is -0.496 e. The van der Waals surface area contributed by atoms with E-state index < -0.39 is 0 Å². The number of ketones is 1. The first kappa shape index (κ1) is 13.0. The van der Waals surface area contributed by atoms with Crippen molar-refractivity contribution in [1.82, 2.24) is 0 Å². The molecule has 0 saturated carbocycles. The Morgan fingerprint density at radius 2 is 2.12 bits per heavy atom. The number of Topliss-reactive ketones (excluding diaryl/α,β-unsaturated/α-hetero) is 1. The summed E-state index contributed by atoms with van der Waals surface area (Å²) in [6.45, 7) is 4.19. The second-order valence-corrected chi connectivity index (χ2v) is 4.35. The molecule has 1 aromatic rings. The first-order chi connectivity index (χ1) is 7.60. The summed E-state index contributed by atoms with van der Waals surface area (Å²) in [5.74, 6) is 1.40. The molecule has 0 heterocycles. The number of halogens is 1. The molecule has 0 amide bonds. The molecule has 0 aliphatic heterocycles. The Morgan fingerprint density at radius 3 is 2.62 bits per heavy atom. The van der Waals surface area contributed by atoms with Gasteiger partial charge in [-0.15, -0.1) is 11.6 Å². The van der Waals surface area contributed by atoms with E-state index in [1.165, 1.54) is 0 Å². The Bertz CT molecular complexity index is 372. The topological polar surface area (TPSA) is 26.3 Å². The summed E-state index contributed by atoms with van der Waals surface area (Å²) in [5, 5.41) is 0. The van der Waals surface area contributed by atoms with E-state index in [4.69, 9.17) is 16.3 Å². The number of ether oxygens (including phenoxy) is 1. The molecular formula is C13H17ClO2. The number of benzene rings is 1. The van der Waals surface area contributed by atoms with Crippen LogP contribution in [0, 0.1) is 0 Å². The van der Waals surface area contributed by atoms with E-state index in [1.54, 1.807) is 7.11 Å². The molecule has 0 unspecified atom stereocenters. The van der Waals surface area contributed by atoms with E-state index >= 15 is 0 Å². The molecule has 0 aliphatic carbocycles. The van der Waals surface area contributed by atoms with Crippen LogP contribution in [0.5, 0.6) is 5.75 Å². The third kappa shape index (κ3) is 2.99. The number of carbonyl (C=O) groups is 1. The van der Waals surface area contributed by atoms with Crippen molar-refractivity contribution in [2.75, 3.05) is 13.0 Å². The summed E-state index contributed by atoms with van der Waals surface area (Å²) < 4.78 is 5.18. The molecule has 0 fully saturated rings. The minimum absolute atomic E-state index is 0.0364. The van der Waals surface area contributed by atoms with Gasteiger partial charge in [-0.3, -0.25) is 4.79 Å². The lowest BCUT2D eigenvalue weighted by molar-refractivity contribution is 0.0986. The fourth-order valence-corrected chi connectivity index (χ4v) is 1.69. The maximum absolute atomic E-state index is 11.8. The Hall–Kier alpha value is -1.02. The van der Waals surface area contributed by atoms with Gasteiger partial charge in [-0.1, -0.05) is 19.9 Å². The zero-order chi connectivity index (χ0) is 12.1. The first-order valence-electron chi connectivity index (χ1n) is 5.37. The molecule has 1 rings (SSSR count). The zero-order valence-corrected chi connectivity index (χ0v) is 10.7. The van der Waals surface area contributed by atoms with Crippen molar-refractivity contribution in [1.29, 1.82) is 0 Å². The third-order valence-corrected chi connectivity index (χ3v) is 2.70. The number of methoxy groups -OCH3 is 1. The van der Waals surface area contributed by atoms with Gasteiger partial charge in [0.25, 0.3) is 0 Å². The van der Waals surface area contributed by atoms with Gasteiger partial charge >= 0.3 is 0 Å². The molecule has 16 heavy (non-hydrogen) atoms.